The predicted octanol–water partition coefficient (Wildman–Crippen LogP) is -0.619. The van der Waals surface area contributed by atoms with Gasteiger partial charge in [-0.05, 0) is 12.8 Å². The topological polar surface area (TPSA) is 81.9 Å². The number of hydrogen-bond donors (Lipinski definition) is 0. The van der Waals surface area contributed by atoms with Crippen LogP contribution in [0.1, 0.15) is 12.8 Å². The summed E-state index contributed by atoms with van der Waals surface area (Å²) in [6.07, 6.45) is 4.13. The molecule has 1 saturated heterocycles. The first kappa shape index (κ1) is 10.3. The van der Waals surface area contributed by atoms with Crippen LogP contribution in [0.5, 0.6) is 0 Å². The number of aldehydes is 1. The molecule has 0 amide bonds. The Morgan fingerprint density at radius 1 is 1.33 bits per heavy atom. The van der Waals surface area contributed by atoms with Crippen LogP contribution >= 0.6 is 0 Å². The summed E-state index contributed by atoms with van der Waals surface area (Å²) in [6, 6.07) is 0. The summed E-state index contributed by atoms with van der Waals surface area (Å²) in [7, 11) is -2.98. The highest BCUT2D eigenvalue weighted by atomic mass is 32.2. The number of hydrogen-bond acceptors (Lipinski definition) is 5. The summed E-state index contributed by atoms with van der Waals surface area (Å²) in [5, 5.41) is 3.91. The normalized spacial score (nSPS) is 23.5. The molecule has 6 nitrogen and oxygen atoms in total. The van der Waals surface area contributed by atoms with E-state index < -0.39 is 15.4 Å². The fourth-order valence-corrected chi connectivity index (χ4v) is 3.26. The van der Waals surface area contributed by atoms with Crippen molar-refractivity contribution in [2.45, 2.75) is 18.4 Å². The molecule has 0 radical (unpaired) electrons. The van der Waals surface area contributed by atoms with Gasteiger partial charge in [0.1, 0.15) is 24.5 Å². The zero-order valence-corrected chi connectivity index (χ0v) is 8.85. The molecule has 1 aromatic heterocycles. The van der Waals surface area contributed by atoms with Gasteiger partial charge < -0.3 is 4.79 Å². The van der Waals surface area contributed by atoms with E-state index in [9.17, 15) is 13.2 Å². The minimum absolute atomic E-state index is 0.0333. The molecule has 82 valence electrons. The molecule has 0 N–H and O–H groups in total. The van der Waals surface area contributed by atoms with Crippen LogP contribution in [-0.4, -0.2) is 41.0 Å². The molecule has 1 fully saturated rings. The van der Waals surface area contributed by atoms with Crippen LogP contribution in [0.4, 0.5) is 0 Å². The summed E-state index contributed by atoms with van der Waals surface area (Å²) < 4.78 is 24.0. The summed E-state index contributed by atoms with van der Waals surface area (Å²) in [4.78, 5) is 14.9. The molecular formula is C8H11N3O3S. The minimum atomic E-state index is -2.98. The van der Waals surface area contributed by atoms with Crippen molar-refractivity contribution in [3.8, 4) is 0 Å². The van der Waals surface area contributed by atoms with E-state index in [1.165, 1.54) is 17.3 Å². The quantitative estimate of drug-likeness (QED) is 0.631. The second-order valence-electron chi connectivity index (χ2n) is 3.71. The molecule has 0 aromatic carbocycles. The highest BCUT2D eigenvalue weighted by Gasteiger charge is 2.39. The van der Waals surface area contributed by atoms with Gasteiger partial charge >= 0.3 is 0 Å². The third-order valence-electron chi connectivity index (χ3n) is 2.79. The van der Waals surface area contributed by atoms with Crippen molar-refractivity contribution in [2.75, 3.05) is 11.5 Å². The number of carbonyl (C=O) groups is 1. The van der Waals surface area contributed by atoms with Gasteiger partial charge in [0.25, 0.3) is 0 Å². The summed E-state index contributed by atoms with van der Waals surface area (Å²) in [5.41, 5.74) is -0.818. The average molecular weight is 229 g/mol. The van der Waals surface area contributed by atoms with Gasteiger partial charge in [0.2, 0.25) is 0 Å². The Morgan fingerprint density at radius 2 is 2.00 bits per heavy atom. The second-order valence-corrected chi connectivity index (χ2v) is 6.02. The van der Waals surface area contributed by atoms with Gasteiger partial charge in [-0.2, -0.15) is 5.10 Å². The smallest absolute Gasteiger partial charge is 0.150 e. The zero-order chi connectivity index (χ0) is 10.9. The van der Waals surface area contributed by atoms with Crippen molar-refractivity contribution in [1.29, 1.82) is 0 Å². The molecule has 0 unspecified atom stereocenters. The number of carbonyl (C=O) groups excluding carboxylic acids is 1. The van der Waals surface area contributed by atoms with Crippen LogP contribution in [0, 0.1) is 0 Å². The van der Waals surface area contributed by atoms with Crippen LogP contribution in [-0.2, 0) is 20.2 Å². The Kier molecular flexibility index (Phi) is 2.34. The van der Waals surface area contributed by atoms with Gasteiger partial charge in [-0.15, -0.1) is 0 Å². The van der Waals surface area contributed by atoms with E-state index in [2.05, 4.69) is 10.1 Å². The van der Waals surface area contributed by atoms with Gasteiger partial charge in [0, 0.05) is 0 Å². The Hall–Kier alpha value is -1.24. The molecule has 0 saturated carbocycles. The largest absolute Gasteiger partial charge is 0.301 e. The lowest BCUT2D eigenvalue weighted by molar-refractivity contribution is -0.116. The molecule has 15 heavy (non-hydrogen) atoms. The van der Waals surface area contributed by atoms with E-state index in [1.54, 1.807) is 0 Å². The van der Waals surface area contributed by atoms with Crippen LogP contribution in [0.3, 0.4) is 0 Å². The Bertz CT molecular complexity index is 437. The van der Waals surface area contributed by atoms with E-state index in [0.717, 1.165) is 6.29 Å². The molecule has 1 aliphatic rings. The maximum atomic E-state index is 11.3. The molecule has 1 aromatic rings. The molecule has 0 aliphatic carbocycles. The van der Waals surface area contributed by atoms with Crippen LogP contribution < -0.4 is 0 Å². The SMILES string of the molecule is O=CC1(n2cncn2)CCS(=O)(=O)CC1. The van der Waals surface area contributed by atoms with Crippen LogP contribution in [0.15, 0.2) is 12.7 Å². The van der Waals surface area contributed by atoms with Crippen molar-refractivity contribution in [2.24, 2.45) is 0 Å². The fraction of sp³-hybridized carbons (Fsp3) is 0.625. The van der Waals surface area contributed by atoms with Crippen LogP contribution in [0.2, 0.25) is 0 Å². The van der Waals surface area contributed by atoms with Crippen molar-refractivity contribution < 1.29 is 13.2 Å². The number of rotatable bonds is 2. The Morgan fingerprint density at radius 3 is 2.47 bits per heavy atom. The number of nitrogens with zero attached hydrogens (tertiary/aromatic N) is 3. The van der Waals surface area contributed by atoms with Gasteiger partial charge in [-0.3, -0.25) is 0 Å². The van der Waals surface area contributed by atoms with Crippen molar-refractivity contribution in [3.05, 3.63) is 12.7 Å². The first-order chi connectivity index (χ1) is 7.08. The van der Waals surface area contributed by atoms with E-state index in [4.69, 9.17) is 0 Å². The standard InChI is InChI=1S/C8H11N3O3S/c12-5-8(11-7-9-6-10-11)1-3-15(13,14)4-2-8/h5-7H,1-4H2. The number of sulfone groups is 1. The lowest BCUT2D eigenvalue weighted by Gasteiger charge is -2.31. The Labute approximate surface area is 87.2 Å². The lowest BCUT2D eigenvalue weighted by atomic mass is 9.95. The highest BCUT2D eigenvalue weighted by Crippen LogP contribution is 2.28. The Balaban J connectivity index is 2.30. The predicted molar refractivity (Wildman–Crippen MR) is 51.9 cm³/mol. The molecule has 0 spiro atoms. The van der Waals surface area contributed by atoms with Gasteiger partial charge in [0.05, 0.1) is 11.5 Å². The monoisotopic (exact) mass is 229 g/mol. The lowest BCUT2D eigenvalue weighted by Crippen LogP contribution is -2.43. The first-order valence-corrected chi connectivity index (χ1v) is 6.42. The average Bonchev–Trinajstić information content (AvgIpc) is 2.72. The van der Waals surface area contributed by atoms with Crippen molar-refractivity contribution in [3.63, 3.8) is 0 Å². The van der Waals surface area contributed by atoms with Gasteiger partial charge in [0.15, 0.2) is 9.84 Å². The highest BCUT2D eigenvalue weighted by molar-refractivity contribution is 7.91. The molecular weight excluding hydrogens is 218 g/mol. The third-order valence-corrected chi connectivity index (χ3v) is 4.44. The molecule has 2 heterocycles. The van der Waals surface area contributed by atoms with Crippen molar-refractivity contribution in [1.82, 2.24) is 14.8 Å². The summed E-state index contributed by atoms with van der Waals surface area (Å²) in [6.45, 7) is 0. The van der Waals surface area contributed by atoms with E-state index in [0.29, 0.717) is 0 Å². The van der Waals surface area contributed by atoms with Crippen LogP contribution in [0.25, 0.3) is 0 Å². The van der Waals surface area contributed by atoms with E-state index in [1.807, 2.05) is 0 Å². The second kappa shape index (κ2) is 3.41. The molecule has 0 atom stereocenters. The van der Waals surface area contributed by atoms with Gasteiger partial charge in [-0.25, -0.2) is 18.1 Å². The first-order valence-electron chi connectivity index (χ1n) is 4.60. The van der Waals surface area contributed by atoms with Crippen molar-refractivity contribution >= 4 is 16.1 Å². The van der Waals surface area contributed by atoms with E-state index in [-0.39, 0.29) is 24.3 Å². The zero-order valence-electron chi connectivity index (χ0n) is 8.04. The summed E-state index contributed by atoms with van der Waals surface area (Å²) in [5.74, 6) is 0.0667. The van der Waals surface area contributed by atoms with Gasteiger partial charge in [-0.1, -0.05) is 0 Å². The fourth-order valence-electron chi connectivity index (χ4n) is 1.73. The third kappa shape index (κ3) is 1.79. The maximum absolute atomic E-state index is 11.3. The minimum Gasteiger partial charge on any atom is -0.301 e. The number of aromatic nitrogens is 3. The molecule has 1 aliphatic heterocycles. The maximum Gasteiger partial charge on any atom is 0.150 e. The molecule has 7 heteroatoms. The molecule has 0 bridgehead atoms. The molecule has 2 rings (SSSR count). The van der Waals surface area contributed by atoms with E-state index >= 15 is 0 Å². The summed E-state index contributed by atoms with van der Waals surface area (Å²) >= 11 is 0.